The van der Waals surface area contributed by atoms with Crippen molar-refractivity contribution < 1.29 is 14.3 Å². The van der Waals surface area contributed by atoms with E-state index in [9.17, 15) is 4.79 Å². The van der Waals surface area contributed by atoms with Crippen LogP contribution in [0.4, 0.5) is 5.69 Å². The lowest BCUT2D eigenvalue weighted by Crippen LogP contribution is -2.46. The third-order valence-corrected chi connectivity index (χ3v) is 3.93. The Morgan fingerprint density at radius 1 is 1.09 bits per heavy atom. The number of hydrazine groups is 1. The molecule has 0 saturated carbocycles. The summed E-state index contributed by atoms with van der Waals surface area (Å²) < 4.78 is 11.1. The van der Waals surface area contributed by atoms with Gasteiger partial charge in [0.1, 0.15) is 6.61 Å². The Morgan fingerprint density at radius 3 is 2.43 bits per heavy atom. The van der Waals surface area contributed by atoms with Crippen LogP contribution in [0.2, 0.25) is 15.1 Å². The zero-order chi connectivity index (χ0) is 16.4. The van der Waals surface area contributed by atoms with Gasteiger partial charge in [0, 0.05) is 5.02 Å². The van der Waals surface area contributed by atoms with Gasteiger partial charge in [-0.15, -0.1) is 0 Å². The number of para-hydroxylation sites is 2. The first-order chi connectivity index (χ1) is 11.0. The average Bonchev–Trinajstić information content (AvgIpc) is 2.53. The highest BCUT2D eigenvalue weighted by Crippen LogP contribution is 2.33. The standard InChI is InChI=1S/C15H11Cl3N2O3/c16-8-5-9(17)14(10(18)6-8)19-20-15(21)13-7-22-11-3-1-2-4-12(11)23-13/h1-6,13,19H,7H2,(H,20,21). The lowest BCUT2D eigenvalue weighted by molar-refractivity contribution is -0.129. The maximum Gasteiger partial charge on any atom is 0.282 e. The number of halogens is 3. The Hall–Kier alpha value is -1.82. The lowest BCUT2D eigenvalue weighted by Gasteiger charge is -2.25. The molecule has 1 unspecified atom stereocenters. The molecule has 0 bridgehead atoms. The summed E-state index contributed by atoms with van der Waals surface area (Å²) in [5, 5.41) is 0.973. The van der Waals surface area contributed by atoms with Gasteiger partial charge in [-0.25, -0.2) is 0 Å². The maximum absolute atomic E-state index is 12.2. The second kappa shape index (κ2) is 6.74. The Bertz CT molecular complexity index is 731. The van der Waals surface area contributed by atoms with Gasteiger partial charge >= 0.3 is 0 Å². The zero-order valence-corrected chi connectivity index (χ0v) is 13.9. The average molecular weight is 374 g/mol. The molecule has 0 aromatic heterocycles. The molecule has 1 aliphatic heterocycles. The Balaban J connectivity index is 1.65. The van der Waals surface area contributed by atoms with Gasteiger partial charge < -0.3 is 9.47 Å². The summed E-state index contributed by atoms with van der Waals surface area (Å²) in [5.41, 5.74) is 5.52. The fraction of sp³-hybridized carbons (Fsp3) is 0.133. The van der Waals surface area contributed by atoms with Crippen LogP contribution < -0.4 is 20.3 Å². The van der Waals surface area contributed by atoms with Gasteiger partial charge in [-0.2, -0.15) is 0 Å². The molecule has 1 amide bonds. The minimum absolute atomic E-state index is 0.104. The van der Waals surface area contributed by atoms with Crippen molar-refractivity contribution >= 4 is 46.4 Å². The molecule has 3 rings (SSSR count). The largest absolute Gasteiger partial charge is 0.485 e. The minimum atomic E-state index is -0.790. The lowest BCUT2D eigenvalue weighted by atomic mass is 10.2. The third-order valence-electron chi connectivity index (χ3n) is 3.12. The predicted octanol–water partition coefficient (Wildman–Crippen LogP) is 3.93. The molecule has 2 aromatic rings. The molecule has 5 nitrogen and oxygen atoms in total. The number of nitrogens with one attached hydrogen (secondary N) is 2. The summed E-state index contributed by atoms with van der Waals surface area (Å²) >= 11 is 17.9. The Kier molecular flexibility index (Phi) is 4.71. The van der Waals surface area contributed by atoms with Gasteiger partial charge in [-0.05, 0) is 24.3 Å². The molecule has 120 valence electrons. The van der Waals surface area contributed by atoms with Crippen LogP contribution in [-0.2, 0) is 4.79 Å². The first-order valence-electron chi connectivity index (χ1n) is 6.63. The van der Waals surface area contributed by atoms with Crippen molar-refractivity contribution in [3.05, 3.63) is 51.5 Å². The van der Waals surface area contributed by atoms with Crippen molar-refractivity contribution in [2.24, 2.45) is 0 Å². The molecule has 1 heterocycles. The molecule has 0 spiro atoms. The summed E-state index contributed by atoms with van der Waals surface area (Å²) in [6, 6.07) is 10.2. The molecule has 1 aliphatic rings. The molecular weight excluding hydrogens is 363 g/mol. The summed E-state index contributed by atoms with van der Waals surface area (Å²) in [7, 11) is 0. The summed E-state index contributed by atoms with van der Waals surface area (Å²) in [6.45, 7) is 0.104. The van der Waals surface area contributed by atoms with E-state index in [1.54, 1.807) is 18.2 Å². The van der Waals surface area contributed by atoms with E-state index in [2.05, 4.69) is 10.9 Å². The minimum Gasteiger partial charge on any atom is -0.485 e. The Morgan fingerprint density at radius 2 is 1.74 bits per heavy atom. The number of hydrogen-bond acceptors (Lipinski definition) is 4. The third kappa shape index (κ3) is 3.58. The van der Waals surface area contributed by atoms with E-state index in [4.69, 9.17) is 44.3 Å². The van der Waals surface area contributed by atoms with Gasteiger partial charge in [0.25, 0.3) is 5.91 Å². The van der Waals surface area contributed by atoms with Gasteiger partial charge in [0.15, 0.2) is 11.5 Å². The van der Waals surface area contributed by atoms with Crippen LogP contribution in [-0.4, -0.2) is 18.6 Å². The molecule has 0 saturated heterocycles. The van der Waals surface area contributed by atoms with Crippen LogP contribution in [0.5, 0.6) is 11.5 Å². The highest BCUT2D eigenvalue weighted by atomic mass is 35.5. The quantitative estimate of drug-likeness (QED) is 0.800. The van der Waals surface area contributed by atoms with Crippen molar-refractivity contribution in [3.63, 3.8) is 0 Å². The van der Waals surface area contributed by atoms with Gasteiger partial charge in [-0.1, -0.05) is 46.9 Å². The second-order valence-electron chi connectivity index (χ2n) is 4.72. The summed E-state index contributed by atoms with van der Waals surface area (Å²) in [4.78, 5) is 12.2. The first kappa shape index (κ1) is 16.1. The van der Waals surface area contributed by atoms with Gasteiger partial charge in [-0.3, -0.25) is 15.6 Å². The number of rotatable bonds is 3. The van der Waals surface area contributed by atoms with E-state index in [1.165, 1.54) is 12.1 Å². The molecule has 1 atom stereocenters. The van der Waals surface area contributed by atoms with Crippen LogP contribution >= 0.6 is 34.8 Å². The van der Waals surface area contributed by atoms with E-state index in [1.807, 2.05) is 6.07 Å². The monoisotopic (exact) mass is 372 g/mol. The number of anilines is 1. The van der Waals surface area contributed by atoms with E-state index in [-0.39, 0.29) is 16.7 Å². The molecule has 0 fully saturated rings. The fourth-order valence-electron chi connectivity index (χ4n) is 2.01. The topological polar surface area (TPSA) is 59.6 Å². The number of amides is 1. The molecule has 2 N–H and O–H groups in total. The van der Waals surface area contributed by atoms with Crippen LogP contribution in [0.1, 0.15) is 0 Å². The molecule has 2 aromatic carbocycles. The summed E-state index contributed by atoms with van der Waals surface area (Å²) in [5.74, 6) is 0.705. The number of hydrogen-bond donors (Lipinski definition) is 2. The molecular formula is C15H11Cl3N2O3. The van der Waals surface area contributed by atoms with E-state index in [0.717, 1.165) is 0 Å². The van der Waals surface area contributed by atoms with Crippen LogP contribution in [0.3, 0.4) is 0 Å². The first-order valence-corrected chi connectivity index (χ1v) is 7.77. The second-order valence-corrected chi connectivity index (χ2v) is 5.97. The van der Waals surface area contributed by atoms with Crippen LogP contribution in [0.15, 0.2) is 36.4 Å². The van der Waals surface area contributed by atoms with Crippen LogP contribution in [0, 0.1) is 0 Å². The number of fused-ring (bicyclic) bond motifs is 1. The molecule has 23 heavy (non-hydrogen) atoms. The van der Waals surface area contributed by atoms with Crippen molar-refractivity contribution in [1.29, 1.82) is 0 Å². The van der Waals surface area contributed by atoms with Gasteiger partial charge in [0.05, 0.1) is 15.7 Å². The molecule has 0 radical (unpaired) electrons. The van der Waals surface area contributed by atoms with Gasteiger partial charge in [0.2, 0.25) is 6.10 Å². The van der Waals surface area contributed by atoms with Crippen molar-refractivity contribution in [2.45, 2.75) is 6.10 Å². The predicted molar refractivity (Wildman–Crippen MR) is 89.6 cm³/mol. The number of ether oxygens (including phenoxy) is 2. The normalized spacial score (nSPS) is 15.9. The number of benzene rings is 2. The molecule has 8 heteroatoms. The van der Waals surface area contributed by atoms with E-state index >= 15 is 0 Å². The van der Waals surface area contributed by atoms with Crippen molar-refractivity contribution in [3.8, 4) is 11.5 Å². The SMILES string of the molecule is O=C(NNc1c(Cl)cc(Cl)cc1Cl)C1COc2ccccc2O1. The highest BCUT2D eigenvalue weighted by molar-refractivity contribution is 6.41. The number of carbonyl (C=O) groups is 1. The highest BCUT2D eigenvalue weighted by Gasteiger charge is 2.27. The van der Waals surface area contributed by atoms with E-state index in [0.29, 0.717) is 22.2 Å². The summed E-state index contributed by atoms with van der Waals surface area (Å²) in [6.07, 6.45) is -0.790. The fourth-order valence-corrected chi connectivity index (χ4v) is 2.93. The van der Waals surface area contributed by atoms with E-state index < -0.39 is 12.0 Å². The number of carbonyl (C=O) groups excluding carboxylic acids is 1. The maximum atomic E-state index is 12.2. The van der Waals surface area contributed by atoms with Crippen molar-refractivity contribution in [2.75, 3.05) is 12.0 Å². The smallest absolute Gasteiger partial charge is 0.282 e. The zero-order valence-electron chi connectivity index (χ0n) is 11.6. The molecule has 0 aliphatic carbocycles. The van der Waals surface area contributed by atoms with Crippen molar-refractivity contribution in [1.82, 2.24) is 5.43 Å². The van der Waals surface area contributed by atoms with Crippen LogP contribution in [0.25, 0.3) is 0 Å². The Labute approximate surface area is 147 Å².